The van der Waals surface area contributed by atoms with E-state index in [1.54, 1.807) is 0 Å². The number of carbonyl (C=O) groups is 6. The maximum Gasteiger partial charge on any atom is 0.472 e. The van der Waals surface area contributed by atoms with Gasteiger partial charge in [-0.25, -0.2) is 9.13 Å². The molecule has 2 fully saturated rings. The van der Waals surface area contributed by atoms with Crippen LogP contribution in [0.25, 0.3) is 0 Å². The number of phosphoric acid groups is 2. The molecule has 0 aliphatic carbocycles. The normalized spacial score (nSPS) is 21.4. The molecule has 640 valence electrons. The first kappa shape index (κ1) is 102. The highest BCUT2D eigenvalue weighted by Gasteiger charge is 2.55. The Bertz CT molecular complexity index is 2460. The van der Waals surface area contributed by atoms with Crippen LogP contribution in [0, 0.1) is 0 Å². The average Bonchev–Trinajstić information content (AvgIpc) is 0.781. The van der Waals surface area contributed by atoms with Gasteiger partial charge in [-0.3, -0.25) is 37.8 Å². The van der Waals surface area contributed by atoms with E-state index in [-0.39, 0.29) is 38.5 Å². The highest BCUT2D eigenvalue weighted by molar-refractivity contribution is 7.46. The Morgan fingerprint density at radius 3 is 1.04 bits per heavy atom. The van der Waals surface area contributed by atoms with Crippen LogP contribution >= 0.6 is 15.6 Å². The van der Waals surface area contributed by atoms with Crippen LogP contribution in [0.3, 0.4) is 0 Å². The van der Waals surface area contributed by atoms with Crippen molar-refractivity contribution in [3.05, 3.63) is 0 Å². The molecule has 2 amide bonds. The summed E-state index contributed by atoms with van der Waals surface area (Å²) in [7, 11) is -11.3. The zero-order valence-electron chi connectivity index (χ0n) is 67.7. The molecular weight excluding hydrogens is 1450 g/mol. The van der Waals surface area contributed by atoms with Crippen molar-refractivity contribution in [2.24, 2.45) is 0 Å². The molecule has 2 heterocycles. The van der Waals surface area contributed by atoms with Crippen molar-refractivity contribution in [1.29, 1.82) is 0 Å². The number of carbonyl (C=O) groups excluding carboxylic acids is 6. The predicted octanol–water partition coefficient (Wildman–Crippen LogP) is 15.1. The van der Waals surface area contributed by atoms with Crippen LogP contribution in [0.15, 0.2) is 0 Å². The van der Waals surface area contributed by atoms with Gasteiger partial charge in [-0.2, -0.15) is 0 Å². The number of amides is 2. The highest BCUT2D eigenvalue weighted by Crippen LogP contribution is 2.44. The van der Waals surface area contributed by atoms with Gasteiger partial charge in [0.05, 0.1) is 51.1 Å². The summed E-state index contributed by atoms with van der Waals surface area (Å²) in [6, 6.07) is -3.86. The van der Waals surface area contributed by atoms with E-state index in [1.165, 1.54) is 25.7 Å². The first-order chi connectivity index (χ1) is 52.3. The summed E-state index contributed by atoms with van der Waals surface area (Å²) in [5.74, 6) is -5.07. The highest BCUT2D eigenvalue weighted by atomic mass is 31.2. The van der Waals surface area contributed by atoms with Gasteiger partial charge in [0.15, 0.2) is 24.8 Å². The smallest absolute Gasteiger partial charge is 0.462 e. The topological polar surface area (TPSA) is 406 Å². The summed E-state index contributed by atoms with van der Waals surface area (Å²) >= 11 is 0. The number of rotatable bonds is 70. The SMILES string of the molecule is CCCCCCCCCCCC(=O)O[C@H](CCCCCCCCC)CC(=O)N[C@H]1[C@H](OC[C@H]2O[C@@H](OP(=O)(O)O)[C@H](NC(=O)C[C@@H](CCCCCCCCC)OC(=O)CCCCCCCCCCC)[C@@H](OC(=O)C[C@H](O)CCCCCCC)[C@@H]2O)O[C@H](CO)[C@@H](OP(=O)(O)O)[C@@H]1OC(=O)C[C@H](O)CCCCCCC. The van der Waals surface area contributed by atoms with Gasteiger partial charge in [-0.1, -0.05) is 286 Å². The molecule has 2 saturated heterocycles. The van der Waals surface area contributed by atoms with Crippen molar-refractivity contribution >= 4 is 51.3 Å². The van der Waals surface area contributed by atoms with Crippen LogP contribution < -0.4 is 10.6 Å². The third kappa shape index (κ3) is 50.7. The molecule has 0 aromatic heterocycles. The third-order valence-corrected chi connectivity index (χ3v) is 21.4. The zero-order valence-corrected chi connectivity index (χ0v) is 69.5. The van der Waals surface area contributed by atoms with Gasteiger partial charge in [0.1, 0.15) is 48.7 Å². The van der Waals surface area contributed by atoms with Crippen LogP contribution in [0.4, 0.5) is 0 Å². The Morgan fingerprint density at radius 1 is 0.376 bits per heavy atom. The fraction of sp³-hybridized carbons (Fsp3) is 0.925. The third-order valence-electron chi connectivity index (χ3n) is 20.4. The summed E-state index contributed by atoms with van der Waals surface area (Å²) in [6.45, 7) is 10.6. The van der Waals surface area contributed by atoms with E-state index in [0.717, 1.165) is 205 Å². The molecule has 0 radical (unpaired) electrons. The summed E-state index contributed by atoms with van der Waals surface area (Å²) < 4.78 is 78.8. The lowest BCUT2D eigenvalue weighted by atomic mass is 9.95. The minimum Gasteiger partial charge on any atom is -0.462 e. The lowest BCUT2D eigenvalue weighted by Gasteiger charge is -2.47. The van der Waals surface area contributed by atoms with E-state index >= 15 is 0 Å². The van der Waals surface area contributed by atoms with E-state index < -0.39 is 176 Å². The van der Waals surface area contributed by atoms with Gasteiger partial charge in [0.2, 0.25) is 11.8 Å². The number of ether oxygens (including phenoxy) is 7. The monoisotopic (exact) mass is 1600 g/mol. The van der Waals surface area contributed by atoms with Crippen LogP contribution in [0.1, 0.15) is 375 Å². The second-order valence-corrected chi connectivity index (χ2v) is 33.0. The molecule has 29 heteroatoms. The van der Waals surface area contributed by atoms with Gasteiger partial charge in [0, 0.05) is 12.8 Å². The number of aliphatic hydroxyl groups is 4. The Morgan fingerprint density at radius 2 is 0.688 bits per heavy atom. The Labute approximate surface area is 653 Å². The molecule has 0 aromatic carbocycles. The van der Waals surface area contributed by atoms with Gasteiger partial charge in [-0.05, 0) is 51.4 Å². The lowest BCUT2D eigenvalue weighted by molar-refractivity contribution is -0.296. The molecule has 2 aliphatic heterocycles. The number of hydrogen-bond acceptors (Lipinski definition) is 21. The number of nitrogens with one attached hydrogen (secondary N) is 2. The van der Waals surface area contributed by atoms with Crippen molar-refractivity contribution < 1.29 is 120 Å². The molecule has 0 aromatic rings. The maximum absolute atomic E-state index is 14.8. The number of aliphatic hydroxyl groups excluding tert-OH is 4. The zero-order chi connectivity index (χ0) is 80.5. The fourth-order valence-corrected chi connectivity index (χ4v) is 15.1. The summed E-state index contributed by atoms with van der Waals surface area (Å²) in [5.41, 5.74) is 0. The molecule has 10 N–H and O–H groups in total. The van der Waals surface area contributed by atoms with Crippen molar-refractivity contribution in [2.45, 2.75) is 461 Å². The van der Waals surface area contributed by atoms with Crippen molar-refractivity contribution in [3.63, 3.8) is 0 Å². The fourth-order valence-electron chi connectivity index (χ4n) is 14.1. The Kier molecular flexibility index (Phi) is 58.9. The largest absolute Gasteiger partial charge is 0.472 e. The van der Waals surface area contributed by atoms with E-state index in [1.807, 2.05) is 13.8 Å². The van der Waals surface area contributed by atoms with Crippen LogP contribution in [-0.4, -0.2) is 175 Å². The average molecular weight is 1600 g/mol. The molecule has 2 rings (SSSR count). The van der Waals surface area contributed by atoms with E-state index in [9.17, 15) is 77.9 Å². The minimum atomic E-state index is -5.69. The first-order valence-corrected chi connectivity index (χ1v) is 45.8. The summed E-state index contributed by atoms with van der Waals surface area (Å²) in [4.78, 5) is 127. The van der Waals surface area contributed by atoms with Crippen molar-refractivity contribution in [3.8, 4) is 0 Å². The van der Waals surface area contributed by atoms with Gasteiger partial charge in [0.25, 0.3) is 0 Å². The number of hydrogen-bond donors (Lipinski definition) is 10. The van der Waals surface area contributed by atoms with Crippen LogP contribution in [0.2, 0.25) is 0 Å². The van der Waals surface area contributed by atoms with E-state index in [2.05, 4.69) is 38.3 Å². The molecule has 0 saturated carbocycles. The summed E-state index contributed by atoms with van der Waals surface area (Å²) in [5, 5.41) is 51.0. The van der Waals surface area contributed by atoms with Crippen LogP contribution in [-0.2, 0) is 80.1 Å². The Balaban J connectivity index is 2.78. The number of unbranched alkanes of at least 4 members (excludes halogenated alkanes) is 36. The first-order valence-electron chi connectivity index (χ1n) is 42.7. The van der Waals surface area contributed by atoms with Crippen molar-refractivity contribution in [2.75, 3.05) is 13.2 Å². The molecule has 14 atom stereocenters. The van der Waals surface area contributed by atoms with E-state index in [0.29, 0.717) is 38.5 Å². The van der Waals surface area contributed by atoms with Crippen LogP contribution in [0.5, 0.6) is 0 Å². The molecule has 2 aliphatic rings. The molecular formula is C80H150N2O25P2. The molecule has 27 nitrogen and oxygen atoms in total. The lowest BCUT2D eigenvalue weighted by Crippen LogP contribution is -2.68. The molecule has 0 unspecified atom stereocenters. The van der Waals surface area contributed by atoms with E-state index in [4.69, 9.17) is 42.2 Å². The van der Waals surface area contributed by atoms with Gasteiger partial charge in [-0.15, -0.1) is 0 Å². The predicted molar refractivity (Wildman–Crippen MR) is 416 cm³/mol. The molecule has 109 heavy (non-hydrogen) atoms. The molecule has 0 bridgehead atoms. The van der Waals surface area contributed by atoms with Gasteiger partial charge >= 0.3 is 39.5 Å². The summed E-state index contributed by atoms with van der Waals surface area (Å²) in [6.07, 6.45) is 17.1. The molecule has 0 spiro atoms. The van der Waals surface area contributed by atoms with Crippen molar-refractivity contribution in [1.82, 2.24) is 10.6 Å². The van der Waals surface area contributed by atoms with Gasteiger partial charge < -0.3 is 83.8 Å². The minimum absolute atomic E-state index is 0.0871. The number of phosphoric ester groups is 2. The second-order valence-electron chi connectivity index (χ2n) is 30.6. The maximum atomic E-state index is 14.8. The quantitative estimate of drug-likeness (QED) is 0.0117. The number of esters is 4. The Hall–Kier alpha value is -3.24. The second kappa shape index (κ2) is 63.0. The standard InChI is InChI=1S/C80H150N2O25P2/c1-7-13-19-25-29-31-35-41-47-53-69(88)100-63(51-45-39-33-27-21-15-9-3)57-67(86)81-73-77(104-71(90)55-61(84)49-43-37-23-17-11-5)75(92)66(103-80(73)107-109(96,97)98)60-99-79-74(78(76(65(59-83)102-79)106-108(93,94)95)105-72(91)56-62(85)50-44-38-24-18-12-6)82-68(87)58-64(52-46-40-34-28-22-16-10-4)101-70(89)54-48-42-36-32-30-26-20-14-8-2/h61-66,73-80,83-85,92H,7-60H2,1-6H3,(H,81,86)(H,82,87)(H2,93,94,95)(H2,96,97,98)/t61-,62-,63-,64-,65-,66-,73-,74-,75-,76-,77-,78-,79-,80+/m1/s1.